The van der Waals surface area contributed by atoms with E-state index in [-0.39, 0.29) is 11.8 Å². The summed E-state index contributed by atoms with van der Waals surface area (Å²) in [6, 6.07) is 0. The lowest BCUT2D eigenvalue weighted by atomic mass is 9.86. The van der Waals surface area contributed by atoms with E-state index in [2.05, 4.69) is 0 Å². The van der Waals surface area contributed by atoms with Crippen molar-refractivity contribution in [1.82, 2.24) is 4.90 Å². The summed E-state index contributed by atoms with van der Waals surface area (Å²) in [6.07, 6.45) is 0.907. The van der Waals surface area contributed by atoms with Gasteiger partial charge >= 0.3 is 5.97 Å². The van der Waals surface area contributed by atoms with Gasteiger partial charge in [-0.2, -0.15) is 0 Å². The molecule has 0 amide bonds. The second kappa shape index (κ2) is 3.87. The summed E-state index contributed by atoms with van der Waals surface area (Å²) in [6.45, 7) is 2.09. The summed E-state index contributed by atoms with van der Waals surface area (Å²) in [5, 5.41) is 8.88. The first-order valence-electron chi connectivity index (χ1n) is 4.26. The van der Waals surface area contributed by atoms with E-state index in [0.717, 1.165) is 13.0 Å². The van der Waals surface area contributed by atoms with E-state index in [9.17, 15) is 4.79 Å². The first-order valence-corrected chi connectivity index (χ1v) is 4.26. The average molecular weight is 172 g/mol. The van der Waals surface area contributed by atoms with Crippen LogP contribution in [0.25, 0.3) is 0 Å². The van der Waals surface area contributed by atoms with Crippen LogP contribution in [0.5, 0.6) is 0 Å². The van der Waals surface area contributed by atoms with Gasteiger partial charge in [-0.25, -0.2) is 0 Å². The number of piperidine rings is 1. The van der Waals surface area contributed by atoms with Crippen molar-refractivity contribution in [3.63, 3.8) is 0 Å². The summed E-state index contributed by atoms with van der Waals surface area (Å²) in [4.78, 5) is 12.8. The average Bonchev–Trinajstić information content (AvgIpc) is 2.04. The highest BCUT2D eigenvalue weighted by molar-refractivity contribution is 5.70. The van der Waals surface area contributed by atoms with E-state index in [1.165, 1.54) is 0 Å². The van der Waals surface area contributed by atoms with Gasteiger partial charge in [0.2, 0.25) is 0 Å². The molecule has 0 aromatic heterocycles. The van der Waals surface area contributed by atoms with E-state index < -0.39 is 5.97 Å². The zero-order valence-electron chi connectivity index (χ0n) is 7.36. The molecule has 1 heterocycles. The molecule has 2 atom stereocenters. The van der Waals surface area contributed by atoms with E-state index in [4.69, 9.17) is 10.8 Å². The maximum atomic E-state index is 10.8. The number of carbonyl (C=O) groups is 1. The molecule has 0 saturated carbocycles. The quantitative estimate of drug-likeness (QED) is 0.594. The van der Waals surface area contributed by atoms with Gasteiger partial charge in [0.05, 0.1) is 5.92 Å². The molecule has 1 saturated heterocycles. The normalized spacial score (nSPS) is 31.8. The highest BCUT2D eigenvalue weighted by Crippen LogP contribution is 2.21. The van der Waals surface area contributed by atoms with Gasteiger partial charge < -0.3 is 15.7 Å². The Balaban J connectivity index is 2.58. The minimum absolute atomic E-state index is 0.165. The van der Waals surface area contributed by atoms with Gasteiger partial charge in [-0.3, -0.25) is 4.79 Å². The Morgan fingerprint density at radius 3 is 2.92 bits per heavy atom. The van der Waals surface area contributed by atoms with Crippen molar-refractivity contribution in [1.29, 1.82) is 0 Å². The Labute approximate surface area is 72.3 Å². The molecule has 1 rings (SSSR count). The summed E-state index contributed by atoms with van der Waals surface area (Å²) in [7, 11) is 1.95. The highest BCUT2D eigenvalue weighted by atomic mass is 16.4. The summed E-state index contributed by atoms with van der Waals surface area (Å²) >= 11 is 0. The zero-order chi connectivity index (χ0) is 9.14. The molecule has 1 aliphatic heterocycles. The van der Waals surface area contributed by atoms with Crippen molar-refractivity contribution < 1.29 is 9.90 Å². The second-order valence-electron chi connectivity index (χ2n) is 3.49. The van der Waals surface area contributed by atoms with Crippen LogP contribution in [0, 0.1) is 11.8 Å². The molecule has 70 valence electrons. The summed E-state index contributed by atoms with van der Waals surface area (Å²) in [5.41, 5.74) is 5.50. The fraction of sp³-hybridized carbons (Fsp3) is 0.875. The van der Waals surface area contributed by atoms with Crippen molar-refractivity contribution in [3.8, 4) is 0 Å². The Hall–Kier alpha value is -0.610. The first kappa shape index (κ1) is 9.48. The summed E-state index contributed by atoms with van der Waals surface area (Å²) < 4.78 is 0. The molecular formula is C8H16N2O2. The standard InChI is InChI=1S/C8H16N2O2/c1-10-3-2-6(4-9)7(5-10)8(11)12/h6-7H,2-5,9H2,1H3,(H,11,12)/t6-,7+/m0/s1. The number of nitrogens with zero attached hydrogens (tertiary/aromatic N) is 1. The number of nitrogens with two attached hydrogens (primary N) is 1. The Morgan fingerprint density at radius 2 is 2.42 bits per heavy atom. The Morgan fingerprint density at radius 1 is 1.75 bits per heavy atom. The fourth-order valence-electron chi connectivity index (χ4n) is 1.73. The van der Waals surface area contributed by atoms with E-state index in [0.29, 0.717) is 13.1 Å². The third-order valence-corrected chi connectivity index (χ3v) is 2.58. The molecule has 0 radical (unpaired) electrons. The molecule has 0 aliphatic carbocycles. The number of carboxylic acid groups (broad SMARTS) is 1. The van der Waals surface area contributed by atoms with E-state index >= 15 is 0 Å². The van der Waals surface area contributed by atoms with Crippen LogP contribution in [0.15, 0.2) is 0 Å². The van der Waals surface area contributed by atoms with Gasteiger partial charge in [0.25, 0.3) is 0 Å². The second-order valence-corrected chi connectivity index (χ2v) is 3.49. The molecule has 0 unspecified atom stereocenters. The van der Waals surface area contributed by atoms with Crippen molar-refractivity contribution in [2.75, 3.05) is 26.7 Å². The maximum Gasteiger partial charge on any atom is 0.308 e. The van der Waals surface area contributed by atoms with Crippen LogP contribution >= 0.6 is 0 Å². The lowest BCUT2D eigenvalue weighted by Crippen LogP contribution is -2.44. The highest BCUT2D eigenvalue weighted by Gasteiger charge is 2.31. The molecule has 1 aliphatic rings. The number of likely N-dealkylation sites (tertiary alicyclic amines) is 1. The number of rotatable bonds is 2. The molecular weight excluding hydrogens is 156 g/mol. The fourth-order valence-corrected chi connectivity index (χ4v) is 1.73. The number of hydrogen-bond acceptors (Lipinski definition) is 3. The van der Waals surface area contributed by atoms with Crippen LogP contribution < -0.4 is 5.73 Å². The lowest BCUT2D eigenvalue weighted by Gasteiger charge is -2.33. The third-order valence-electron chi connectivity index (χ3n) is 2.58. The molecule has 0 aromatic carbocycles. The monoisotopic (exact) mass is 172 g/mol. The van der Waals surface area contributed by atoms with Crippen molar-refractivity contribution in [3.05, 3.63) is 0 Å². The lowest BCUT2D eigenvalue weighted by molar-refractivity contribution is -0.145. The third kappa shape index (κ3) is 1.95. The van der Waals surface area contributed by atoms with Gasteiger partial charge in [-0.15, -0.1) is 0 Å². The van der Waals surface area contributed by atoms with Gasteiger partial charge in [-0.1, -0.05) is 0 Å². The van der Waals surface area contributed by atoms with Gasteiger partial charge in [0, 0.05) is 6.54 Å². The van der Waals surface area contributed by atoms with Crippen LogP contribution in [-0.4, -0.2) is 42.7 Å². The molecule has 0 aromatic rings. The SMILES string of the molecule is CN1CC[C@@H](CN)[C@H](C(=O)O)C1. The van der Waals surface area contributed by atoms with Crippen molar-refractivity contribution in [2.24, 2.45) is 17.6 Å². The van der Waals surface area contributed by atoms with Gasteiger partial charge in [-0.05, 0) is 32.5 Å². The molecule has 1 fully saturated rings. The number of aliphatic carboxylic acids is 1. The molecule has 4 heteroatoms. The smallest absolute Gasteiger partial charge is 0.308 e. The Bertz CT molecular complexity index is 172. The van der Waals surface area contributed by atoms with Gasteiger partial charge in [0.15, 0.2) is 0 Å². The van der Waals surface area contributed by atoms with Crippen LogP contribution in [-0.2, 0) is 4.79 Å². The van der Waals surface area contributed by atoms with Crippen molar-refractivity contribution >= 4 is 5.97 Å². The predicted octanol–water partition coefficient (Wildman–Crippen LogP) is -0.402. The zero-order valence-corrected chi connectivity index (χ0v) is 7.36. The first-order chi connectivity index (χ1) is 5.65. The van der Waals surface area contributed by atoms with Crippen LogP contribution in [0.3, 0.4) is 0 Å². The number of carboxylic acids is 1. The summed E-state index contributed by atoms with van der Waals surface area (Å²) in [5.74, 6) is -0.815. The molecule has 3 N–H and O–H groups in total. The molecule has 12 heavy (non-hydrogen) atoms. The molecule has 4 nitrogen and oxygen atoms in total. The number of hydrogen-bond donors (Lipinski definition) is 2. The minimum atomic E-state index is -0.711. The van der Waals surface area contributed by atoms with Crippen LogP contribution in [0.2, 0.25) is 0 Å². The minimum Gasteiger partial charge on any atom is -0.481 e. The Kier molecular flexibility index (Phi) is 3.05. The van der Waals surface area contributed by atoms with Crippen LogP contribution in [0.4, 0.5) is 0 Å². The van der Waals surface area contributed by atoms with Crippen molar-refractivity contribution in [2.45, 2.75) is 6.42 Å². The topological polar surface area (TPSA) is 66.6 Å². The van der Waals surface area contributed by atoms with Crippen LogP contribution in [0.1, 0.15) is 6.42 Å². The predicted molar refractivity (Wildman–Crippen MR) is 45.8 cm³/mol. The van der Waals surface area contributed by atoms with E-state index in [1.54, 1.807) is 0 Å². The largest absolute Gasteiger partial charge is 0.481 e. The van der Waals surface area contributed by atoms with E-state index in [1.807, 2.05) is 11.9 Å². The van der Waals surface area contributed by atoms with Gasteiger partial charge in [0.1, 0.15) is 0 Å². The molecule has 0 bridgehead atoms. The maximum absolute atomic E-state index is 10.8. The molecule has 0 spiro atoms.